The molecule has 18 heavy (non-hydrogen) atoms. The lowest BCUT2D eigenvalue weighted by Gasteiger charge is -2.26. The molecule has 1 aromatic carbocycles. The van der Waals surface area contributed by atoms with E-state index in [-0.39, 0.29) is 5.75 Å². The minimum atomic E-state index is -0.0742. The summed E-state index contributed by atoms with van der Waals surface area (Å²) in [7, 11) is 1.49. The monoisotopic (exact) mass is 249 g/mol. The maximum Gasteiger partial charge on any atom is 0.168 e. The number of aromatic hydroxyl groups is 1. The maximum atomic E-state index is 10.9. The molecule has 0 aliphatic carbocycles. The van der Waals surface area contributed by atoms with Crippen LogP contribution < -0.4 is 4.74 Å². The summed E-state index contributed by atoms with van der Waals surface area (Å²) in [6.07, 6.45) is 4.43. The Kier molecular flexibility index (Phi) is 4.20. The van der Waals surface area contributed by atoms with Crippen LogP contribution in [0.5, 0.6) is 11.5 Å². The number of phenols is 1. The van der Waals surface area contributed by atoms with Gasteiger partial charge in [-0.1, -0.05) is 6.42 Å². The van der Waals surface area contributed by atoms with Crippen molar-refractivity contribution in [1.29, 1.82) is 0 Å². The van der Waals surface area contributed by atoms with Crippen LogP contribution in [0.15, 0.2) is 12.1 Å². The van der Waals surface area contributed by atoms with E-state index in [1.165, 1.54) is 26.4 Å². The molecule has 0 unspecified atom stereocenters. The molecule has 0 aromatic heterocycles. The van der Waals surface area contributed by atoms with Crippen molar-refractivity contribution in [2.75, 3.05) is 20.2 Å². The molecule has 1 fully saturated rings. The number of hydrogen-bond donors (Lipinski definition) is 1. The number of aldehydes is 1. The first-order valence-electron chi connectivity index (χ1n) is 6.32. The van der Waals surface area contributed by atoms with E-state index in [1.807, 2.05) is 0 Å². The fraction of sp³-hybridized carbons (Fsp3) is 0.500. The lowest BCUT2D eigenvalue weighted by Crippen LogP contribution is -2.29. The summed E-state index contributed by atoms with van der Waals surface area (Å²) in [4.78, 5) is 13.3. The van der Waals surface area contributed by atoms with Crippen LogP contribution in [0.25, 0.3) is 0 Å². The number of ether oxygens (including phenoxy) is 1. The quantitative estimate of drug-likeness (QED) is 0.831. The summed E-state index contributed by atoms with van der Waals surface area (Å²) >= 11 is 0. The summed E-state index contributed by atoms with van der Waals surface area (Å²) in [6.45, 7) is 3.00. The van der Waals surface area contributed by atoms with E-state index in [0.29, 0.717) is 17.6 Å². The van der Waals surface area contributed by atoms with Crippen molar-refractivity contribution < 1.29 is 14.6 Å². The number of likely N-dealkylation sites (tertiary alicyclic amines) is 1. The summed E-state index contributed by atoms with van der Waals surface area (Å²) in [6, 6.07) is 3.54. The number of benzene rings is 1. The van der Waals surface area contributed by atoms with Crippen molar-refractivity contribution in [2.45, 2.75) is 25.8 Å². The topological polar surface area (TPSA) is 49.8 Å². The highest BCUT2D eigenvalue weighted by molar-refractivity contribution is 5.81. The second kappa shape index (κ2) is 5.87. The zero-order valence-electron chi connectivity index (χ0n) is 10.7. The molecule has 1 aliphatic rings. The predicted molar refractivity (Wildman–Crippen MR) is 69.2 cm³/mol. The van der Waals surface area contributed by atoms with E-state index in [9.17, 15) is 9.90 Å². The normalized spacial score (nSPS) is 16.5. The first kappa shape index (κ1) is 12.9. The van der Waals surface area contributed by atoms with E-state index in [2.05, 4.69) is 4.90 Å². The third-order valence-corrected chi connectivity index (χ3v) is 3.37. The van der Waals surface area contributed by atoms with Gasteiger partial charge in [0.1, 0.15) is 0 Å². The largest absolute Gasteiger partial charge is 0.504 e. The van der Waals surface area contributed by atoms with E-state index in [1.54, 1.807) is 12.1 Å². The molecule has 0 spiro atoms. The smallest absolute Gasteiger partial charge is 0.168 e. The van der Waals surface area contributed by atoms with Gasteiger partial charge in [-0.2, -0.15) is 0 Å². The second-order valence-electron chi connectivity index (χ2n) is 4.69. The summed E-state index contributed by atoms with van der Waals surface area (Å²) in [5.74, 6) is 0.293. The van der Waals surface area contributed by atoms with Crippen molar-refractivity contribution in [3.63, 3.8) is 0 Å². The fourth-order valence-corrected chi connectivity index (χ4v) is 2.40. The fourth-order valence-electron chi connectivity index (χ4n) is 2.40. The van der Waals surface area contributed by atoms with Crippen LogP contribution in [-0.4, -0.2) is 36.5 Å². The molecule has 98 valence electrons. The summed E-state index contributed by atoms with van der Waals surface area (Å²) < 4.78 is 5.09. The molecule has 4 heteroatoms. The summed E-state index contributed by atoms with van der Waals surface area (Å²) in [5.41, 5.74) is 1.30. The van der Waals surface area contributed by atoms with Gasteiger partial charge in [0, 0.05) is 6.54 Å². The SMILES string of the molecule is COc1cc(CN2CCCCC2)cc(C=O)c1O. The average Bonchev–Trinajstić information content (AvgIpc) is 2.41. The van der Waals surface area contributed by atoms with Gasteiger partial charge in [0.15, 0.2) is 17.8 Å². The molecule has 1 saturated heterocycles. The Labute approximate surface area is 107 Å². The van der Waals surface area contributed by atoms with Crippen LogP contribution in [0.3, 0.4) is 0 Å². The Morgan fingerprint density at radius 3 is 2.67 bits per heavy atom. The number of methoxy groups -OCH3 is 1. The third-order valence-electron chi connectivity index (χ3n) is 3.37. The van der Waals surface area contributed by atoms with Gasteiger partial charge < -0.3 is 9.84 Å². The molecule has 1 aromatic rings. The number of hydrogen-bond acceptors (Lipinski definition) is 4. The van der Waals surface area contributed by atoms with Crippen molar-refractivity contribution >= 4 is 6.29 Å². The predicted octanol–water partition coefficient (Wildman–Crippen LogP) is 2.20. The molecule has 2 rings (SSSR count). The van der Waals surface area contributed by atoms with Crippen LogP contribution in [0.4, 0.5) is 0 Å². The Balaban J connectivity index is 2.19. The highest BCUT2D eigenvalue weighted by Gasteiger charge is 2.14. The van der Waals surface area contributed by atoms with Gasteiger partial charge in [-0.25, -0.2) is 0 Å². The minimum Gasteiger partial charge on any atom is -0.504 e. The van der Waals surface area contributed by atoms with Crippen LogP contribution in [0, 0.1) is 0 Å². The van der Waals surface area contributed by atoms with E-state index in [4.69, 9.17) is 4.74 Å². The van der Waals surface area contributed by atoms with E-state index in [0.717, 1.165) is 25.2 Å². The first-order valence-corrected chi connectivity index (χ1v) is 6.32. The molecular weight excluding hydrogens is 230 g/mol. The van der Waals surface area contributed by atoms with Crippen LogP contribution in [0.2, 0.25) is 0 Å². The lowest BCUT2D eigenvalue weighted by atomic mass is 10.1. The van der Waals surface area contributed by atoms with Gasteiger partial charge in [-0.05, 0) is 43.6 Å². The molecule has 0 amide bonds. The molecule has 0 radical (unpaired) electrons. The number of piperidine rings is 1. The first-order chi connectivity index (χ1) is 8.74. The maximum absolute atomic E-state index is 10.9. The molecule has 0 saturated carbocycles. The van der Waals surface area contributed by atoms with Gasteiger partial charge in [0.2, 0.25) is 0 Å². The highest BCUT2D eigenvalue weighted by atomic mass is 16.5. The molecule has 1 aliphatic heterocycles. The number of carbonyl (C=O) groups excluding carboxylic acids is 1. The van der Waals surface area contributed by atoms with Gasteiger partial charge in [0.25, 0.3) is 0 Å². The zero-order chi connectivity index (χ0) is 13.0. The van der Waals surface area contributed by atoms with Crippen molar-refractivity contribution in [2.24, 2.45) is 0 Å². The van der Waals surface area contributed by atoms with Crippen molar-refractivity contribution in [3.8, 4) is 11.5 Å². The molecule has 0 bridgehead atoms. The average molecular weight is 249 g/mol. The second-order valence-corrected chi connectivity index (χ2v) is 4.69. The van der Waals surface area contributed by atoms with Gasteiger partial charge in [-0.3, -0.25) is 9.69 Å². The van der Waals surface area contributed by atoms with E-state index < -0.39 is 0 Å². The zero-order valence-corrected chi connectivity index (χ0v) is 10.7. The standard InChI is InChI=1S/C14H19NO3/c1-18-13-8-11(7-12(10-16)14(13)17)9-15-5-3-2-4-6-15/h7-8,10,17H,2-6,9H2,1H3. The molecular formula is C14H19NO3. The molecule has 1 heterocycles. The van der Waals surface area contributed by atoms with E-state index >= 15 is 0 Å². The Morgan fingerprint density at radius 2 is 2.06 bits per heavy atom. The third kappa shape index (κ3) is 2.82. The van der Waals surface area contributed by atoms with Gasteiger partial charge in [-0.15, -0.1) is 0 Å². The van der Waals surface area contributed by atoms with Crippen LogP contribution in [0.1, 0.15) is 35.2 Å². The Hall–Kier alpha value is -1.55. The van der Waals surface area contributed by atoms with Crippen molar-refractivity contribution in [3.05, 3.63) is 23.3 Å². The minimum absolute atomic E-state index is 0.0742. The number of phenolic OH excluding ortho intramolecular Hbond substituents is 1. The van der Waals surface area contributed by atoms with Crippen LogP contribution >= 0.6 is 0 Å². The summed E-state index contributed by atoms with van der Waals surface area (Å²) in [5, 5.41) is 9.75. The Morgan fingerprint density at radius 1 is 1.33 bits per heavy atom. The molecule has 0 atom stereocenters. The Bertz CT molecular complexity index is 425. The lowest BCUT2D eigenvalue weighted by molar-refractivity contribution is 0.112. The molecule has 4 nitrogen and oxygen atoms in total. The van der Waals surface area contributed by atoms with Crippen molar-refractivity contribution in [1.82, 2.24) is 4.90 Å². The highest BCUT2D eigenvalue weighted by Crippen LogP contribution is 2.31. The molecule has 1 N–H and O–H groups in total. The van der Waals surface area contributed by atoms with Crippen LogP contribution in [-0.2, 0) is 6.54 Å². The van der Waals surface area contributed by atoms with Gasteiger partial charge >= 0.3 is 0 Å². The number of nitrogens with zero attached hydrogens (tertiary/aromatic N) is 1. The van der Waals surface area contributed by atoms with Gasteiger partial charge in [0.05, 0.1) is 12.7 Å². The number of carbonyl (C=O) groups is 1. The number of rotatable bonds is 4.